The molecule has 4 atom stereocenters. The molecule has 2 N–H and O–H groups in total. The van der Waals surface area contributed by atoms with Crippen molar-refractivity contribution in [2.45, 2.75) is 56.3 Å². The van der Waals surface area contributed by atoms with Crippen LogP contribution in [0.2, 0.25) is 0 Å². The fourth-order valence-electron chi connectivity index (χ4n) is 3.47. The summed E-state index contributed by atoms with van der Waals surface area (Å²) in [6.07, 6.45) is 4.24. The number of alkyl halides is 1. The molecule has 2 aliphatic heterocycles. The Hall–Kier alpha value is -1.07. The summed E-state index contributed by atoms with van der Waals surface area (Å²) in [6.45, 7) is 5.35. The minimum atomic E-state index is -1.31. The molecule has 0 bridgehead atoms. The van der Waals surface area contributed by atoms with E-state index in [1.54, 1.807) is 6.92 Å². The normalized spacial score (nSPS) is 35.5. The van der Waals surface area contributed by atoms with Gasteiger partial charge in [-0.1, -0.05) is 12.5 Å². The van der Waals surface area contributed by atoms with Crippen molar-refractivity contribution in [3.05, 3.63) is 12.7 Å². The number of halogens is 1. The molecule has 6 heteroatoms. The molecule has 1 amide bonds. The van der Waals surface area contributed by atoms with Crippen molar-refractivity contribution >= 4 is 23.5 Å². The van der Waals surface area contributed by atoms with Crippen LogP contribution in [0, 0.1) is 5.92 Å². The first kappa shape index (κ1) is 16.3. The molecular formula is C15H22ClNO4. The molecule has 1 unspecified atom stereocenters. The van der Waals surface area contributed by atoms with E-state index in [0.717, 1.165) is 19.3 Å². The molecule has 2 heterocycles. The van der Waals surface area contributed by atoms with E-state index in [9.17, 15) is 14.7 Å². The van der Waals surface area contributed by atoms with Crippen LogP contribution in [0.4, 0.5) is 0 Å². The second-order valence-electron chi connectivity index (χ2n) is 5.91. The van der Waals surface area contributed by atoms with Crippen molar-refractivity contribution in [2.75, 3.05) is 5.88 Å². The lowest BCUT2D eigenvalue weighted by molar-refractivity contribution is -0.235. The Kier molecular flexibility index (Phi) is 4.63. The third kappa shape index (κ3) is 2.27. The Morgan fingerprint density at radius 1 is 1.52 bits per heavy atom. The van der Waals surface area contributed by atoms with E-state index in [1.807, 2.05) is 6.08 Å². The molecule has 2 saturated heterocycles. The van der Waals surface area contributed by atoms with Gasteiger partial charge in [0.2, 0.25) is 11.4 Å². The van der Waals surface area contributed by atoms with Crippen molar-refractivity contribution in [3.8, 4) is 0 Å². The summed E-state index contributed by atoms with van der Waals surface area (Å²) in [5.74, 6) is -1.02. The van der Waals surface area contributed by atoms with Gasteiger partial charge in [0.25, 0.3) is 0 Å². The molecule has 0 aromatic rings. The van der Waals surface area contributed by atoms with Gasteiger partial charge in [0, 0.05) is 5.88 Å². The molecule has 2 fully saturated rings. The zero-order chi connectivity index (χ0) is 15.7. The quantitative estimate of drug-likeness (QED) is 0.308. The van der Waals surface area contributed by atoms with E-state index in [1.165, 1.54) is 0 Å². The minimum Gasteiger partial charge on any atom is -0.453 e. The number of aliphatic hydroxyl groups is 1. The fourth-order valence-corrected chi connectivity index (χ4v) is 3.69. The lowest BCUT2D eigenvalue weighted by Gasteiger charge is -2.53. The Labute approximate surface area is 129 Å². The SMILES string of the molecule is C=CCCCCC(O)[C@@]12NC(=O)[C@H](CCCl)[C@]1(C)OC2=O. The number of fused-ring (bicyclic) bond motifs is 1. The zero-order valence-corrected chi connectivity index (χ0v) is 13.0. The molecule has 118 valence electrons. The number of unbranched alkanes of at least 4 members (excludes halogenated alkanes) is 2. The van der Waals surface area contributed by atoms with Crippen molar-refractivity contribution in [1.82, 2.24) is 5.32 Å². The summed E-state index contributed by atoms with van der Waals surface area (Å²) >= 11 is 5.73. The standard InChI is InChI=1S/C15H22ClNO4/c1-3-4-5-6-7-11(18)15-13(20)21-14(15,2)10(8-9-16)12(19)17-15/h3,10-11,18H,1,4-9H2,2H3,(H,17,19)/t10-,11?,14-,15-/m0/s1. The van der Waals surface area contributed by atoms with Gasteiger partial charge in [-0.15, -0.1) is 18.2 Å². The molecule has 0 radical (unpaired) electrons. The number of allylic oxidation sites excluding steroid dienone is 1. The maximum Gasteiger partial charge on any atom is 0.339 e. The third-order valence-electron chi connectivity index (χ3n) is 4.74. The lowest BCUT2D eigenvalue weighted by atomic mass is 9.67. The van der Waals surface area contributed by atoms with Crippen LogP contribution in [0.25, 0.3) is 0 Å². The van der Waals surface area contributed by atoms with Gasteiger partial charge in [-0.2, -0.15) is 0 Å². The van der Waals surface area contributed by atoms with Crippen LogP contribution >= 0.6 is 11.6 Å². The second-order valence-corrected chi connectivity index (χ2v) is 6.29. The van der Waals surface area contributed by atoms with Crippen LogP contribution in [0.15, 0.2) is 12.7 Å². The Bertz CT molecular complexity index is 455. The highest BCUT2D eigenvalue weighted by Crippen LogP contribution is 2.52. The summed E-state index contributed by atoms with van der Waals surface area (Å²) in [6, 6.07) is 0. The van der Waals surface area contributed by atoms with Gasteiger partial charge in [0.15, 0.2) is 5.60 Å². The molecule has 0 aromatic heterocycles. The van der Waals surface area contributed by atoms with Gasteiger partial charge in [-0.3, -0.25) is 4.79 Å². The summed E-state index contributed by atoms with van der Waals surface area (Å²) < 4.78 is 5.28. The van der Waals surface area contributed by atoms with E-state index in [0.29, 0.717) is 18.7 Å². The van der Waals surface area contributed by atoms with E-state index in [2.05, 4.69) is 11.9 Å². The highest BCUT2D eigenvalue weighted by molar-refractivity contribution is 6.18. The second kappa shape index (κ2) is 5.97. The largest absolute Gasteiger partial charge is 0.453 e. The monoisotopic (exact) mass is 315 g/mol. The maximum atomic E-state index is 12.1. The van der Waals surface area contributed by atoms with Crippen LogP contribution in [0.3, 0.4) is 0 Å². The number of rotatable bonds is 8. The predicted molar refractivity (Wildman–Crippen MR) is 78.9 cm³/mol. The number of amides is 1. The van der Waals surface area contributed by atoms with E-state index in [4.69, 9.17) is 16.3 Å². The number of esters is 1. The van der Waals surface area contributed by atoms with Gasteiger partial charge in [-0.25, -0.2) is 4.79 Å². The number of hydrogen-bond donors (Lipinski definition) is 2. The Balaban J connectivity index is 2.13. The molecule has 2 aliphatic rings. The Morgan fingerprint density at radius 2 is 2.24 bits per heavy atom. The fraction of sp³-hybridized carbons (Fsp3) is 0.733. The van der Waals surface area contributed by atoms with Crippen LogP contribution < -0.4 is 5.32 Å². The summed E-state index contributed by atoms with van der Waals surface area (Å²) in [5, 5.41) is 13.2. The highest BCUT2D eigenvalue weighted by atomic mass is 35.5. The van der Waals surface area contributed by atoms with Gasteiger partial charge < -0.3 is 15.2 Å². The number of aliphatic hydroxyl groups excluding tert-OH is 1. The van der Waals surface area contributed by atoms with Crippen molar-refractivity contribution < 1.29 is 19.4 Å². The number of ether oxygens (including phenoxy) is 1. The number of carbonyl (C=O) groups excluding carboxylic acids is 2. The van der Waals surface area contributed by atoms with Crippen LogP contribution in [0.1, 0.15) is 39.0 Å². The topological polar surface area (TPSA) is 75.6 Å². The number of carbonyl (C=O) groups is 2. The molecular weight excluding hydrogens is 294 g/mol. The van der Waals surface area contributed by atoms with Gasteiger partial charge in [0.05, 0.1) is 12.0 Å². The van der Waals surface area contributed by atoms with E-state index >= 15 is 0 Å². The summed E-state index contributed by atoms with van der Waals surface area (Å²) in [4.78, 5) is 24.2. The van der Waals surface area contributed by atoms with Crippen molar-refractivity contribution in [1.29, 1.82) is 0 Å². The molecule has 2 rings (SSSR count). The average molecular weight is 316 g/mol. The van der Waals surface area contributed by atoms with E-state index in [-0.39, 0.29) is 5.91 Å². The molecule has 21 heavy (non-hydrogen) atoms. The number of nitrogens with one attached hydrogen (secondary N) is 1. The average Bonchev–Trinajstić information content (AvgIpc) is 2.61. The first-order valence-electron chi connectivity index (χ1n) is 7.34. The molecule has 0 aromatic carbocycles. The molecule has 0 spiro atoms. The first-order valence-corrected chi connectivity index (χ1v) is 7.88. The highest BCUT2D eigenvalue weighted by Gasteiger charge is 2.78. The summed E-state index contributed by atoms with van der Waals surface area (Å²) in [5.41, 5.74) is -2.32. The predicted octanol–water partition coefficient (Wildman–Crippen LogP) is 1.52. The summed E-state index contributed by atoms with van der Waals surface area (Å²) in [7, 11) is 0. The van der Waals surface area contributed by atoms with E-state index < -0.39 is 29.1 Å². The van der Waals surface area contributed by atoms with Crippen LogP contribution in [0.5, 0.6) is 0 Å². The van der Waals surface area contributed by atoms with Crippen LogP contribution in [-0.4, -0.2) is 40.1 Å². The third-order valence-corrected chi connectivity index (χ3v) is 4.96. The minimum absolute atomic E-state index is 0.269. The Morgan fingerprint density at radius 3 is 2.81 bits per heavy atom. The first-order chi connectivity index (χ1) is 9.94. The van der Waals surface area contributed by atoms with Gasteiger partial charge >= 0.3 is 5.97 Å². The molecule has 0 aliphatic carbocycles. The lowest BCUT2D eigenvalue weighted by Crippen LogP contribution is -2.79. The smallest absolute Gasteiger partial charge is 0.339 e. The molecule has 5 nitrogen and oxygen atoms in total. The van der Waals surface area contributed by atoms with Crippen molar-refractivity contribution in [2.24, 2.45) is 5.92 Å². The van der Waals surface area contributed by atoms with Gasteiger partial charge in [-0.05, 0) is 32.6 Å². The molecule has 0 saturated carbocycles. The maximum absolute atomic E-state index is 12.1. The number of hydrogen-bond acceptors (Lipinski definition) is 4. The zero-order valence-electron chi connectivity index (χ0n) is 12.2. The van der Waals surface area contributed by atoms with Gasteiger partial charge in [0.1, 0.15) is 0 Å². The van der Waals surface area contributed by atoms with Crippen molar-refractivity contribution in [3.63, 3.8) is 0 Å². The van der Waals surface area contributed by atoms with Crippen LogP contribution in [-0.2, 0) is 14.3 Å².